The van der Waals surface area contributed by atoms with Crippen LogP contribution in [0.25, 0.3) is 22.3 Å². The van der Waals surface area contributed by atoms with Crippen LogP contribution in [0.4, 0.5) is 5.82 Å². The molecular weight excluding hydrogens is 370 g/mol. The molecule has 0 aliphatic carbocycles. The molecule has 0 radical (unpaired) electrons. The summed E-state index contributed by atoms with van der Waals surface area (Å²) in [7, 11) is -2.21. The van der Waals surface area contributed by atoms with E-state index < -0.39 is 15.7 Å². The summed E-state index contributed by atoms with van der Waals surface area (Å²) in [5, 5.41) is 14.4. The van der Waals surface area contributed by atoms with Gasteiger partial charge < -0.3 is 10.7 Å². The van der Waals surface area contributed by atoms with E-state index >= 15 is 0 Å². The molecule has 4 rings (SSSR count). The third-order valence-electron chi connectivity index (χ3n) is 4.79. The maximum absolute atomic E-state index is 12.0. The zero-order valence-corrected chi connectivity index (χ0v) is 15.2. The highest BCUT2D eigenvalue weighted by Crippen LogP contribution is 2.37. The monoisotopic (exact) mass is 387 g/mol. The molecule has 3 aromatic rings. The van der Waals surface area contributed by atoms with Crippen LogP contribution in [-0.2, 0) is 15.7 Å². The van der Waals surface area contributed by atoms with Gasteiger partial charge in [-0.15, -0.1) is 0 Å². The van der Waals surface area contributed by atoms with Crippen LogP contribution in [0.1, 0.15) is 6.42 Å². The number of fused-ring (bicyclic) bond motifs is 1. The van der Waals surface area contributed by atoms with Crippen LogP contribution in [0.2, 0.25) is 0 Å². The quantitative estimate of drug-likeness (QED) is 0.546. The number of nitrogens with one attached hydrogen (secondary N) is 2. The van der Waals surface area contributed by atoms with E-state index in [4.69, 9.17) is 5.73 Å². The van der Waals surface area contributed by atoms with E-state index in [2.05, 4.69) is 30.8 Å². The maximum Gasteiger partial charge on any atom is 0.279 e. The van der Waals surface area contributed by atoms with E-state index in [0.717, 1.165) is 5.39 Å². The smallest absolute Gasteiger partial charge is 0.279 e. The Labute approximate surface area is 155 Å². The minimum atomic E-state index is -3.56. The highest BCUT2D eigenvalue weighted by Gasteiger charge is 2.50. The van der Waals surface area contributed by atoms with Gasteiger partial charge in [0.25, 0.3) is 10.2 Å². The largest absolute Gasteiger partial charge is 0.382 e. The summed E-state index contributed by atoms with van der Waals surface area (Å²) in [5.74, 6) is 0.253. The van der Waals surface area contributed by atoms with Crippen molar-refractivity contribution >= 4 is 27.1 Å². The van der Waals surface area contributed by atoms with Gasteiger partial charge in [-0.25, -0.2) is 14.7 Å². The minimum Gasteiger partial charge on any atom is -0.382 e. The number of nitrogen functional groups attached to an aromatic ring is 1. The third kappa shape index (κ3) is 2.64. The van der Waals surface area contributed by atoms with Gasteiger partial charge in [-0.3, -0.25) is 4.68 Å². The molecule has 4 N–H and O–H groups in total. The van der Waals surface area contributed by atoms with E-state index in [0.29, 0.717) is 16.9 Å². The summed E-state index contributed by atoms with van der Waals surface area (Å²) in [6.07, 6.45) is 5.00. The number of nitrogens with two attached hydrogens (primary N) is 1. The number of hydrogen-bond donors (Lipinski definition) is 3. The average molecular weight is 387 g/mol. The van der Waals surface area contributed by atoms with Gasteiger partial charge in [0.05, 0.1) is 23.7 Å². The molecule has 0 amide bonds. The Balaban J connectivity index is 1.74. The normalized spacial score (nSPS) is 16.9. The highest BCUT2D eigenvalue weighted by molar-refractivity contribution is 7.87. The SMILES string of the molecule is CNS(=O)(=O)N1CC(CC#N)(n2cc(-c3ncnc4[nH]ccc34)c(N)n2)C1. The van der Waals surface area contributed by atoms with Crippen molar-refractivity contribution in [1.82, 2.24) is 33.8 Å². The first kappa shape index (κ1) is 17.4. The van der Waals surface area contributed by atoms with Crippen LogP contribution < -0.4 is 10.5 Å². The van der Waals surface area contributed by atoms with Gasteiger partial charge in [-0.2, -0.15) is 23.1 Å². The summed E-state index contributed by atoms with van der Waals surface area (Å²) in [6.45, 7) is 0.265. The van der Waals surface area contributed by atoms with Crippen molar-refractivity contribution in [2.45, 2.75) is 12.0 Å². The molecule has 0 aromatic carbocycles. The molecule has 1 saturated heterocycles. The minimum absolute atomic E-state index is 0.104. The van der Waals surface area contributed by atoms with Crippen LogP contribution in [-0.4, -0.2) is 57.6 Å². The molecule has 3 aromatic heterocycles. The standard InChI is InChI=1S/C15H17N9O2S/c1-18-27(25,26)23-7-15(8-23,3-4-16)24-6-11(13(17)22-24)12-10-2-5-19-14(10)21-9-20-12/h2,5-6,9,18H,3,7-8H2,1H3,(H2,17,22)(H,19,20,21). The van der Waals surface area contributed by atoms with Gasteiger partial charge >= 0.3 is 0 Å². The number of aromatic nitrogens is 5. The van der Waals surface area contributed by atoms with Crippen LogP contribution in [0, 0.1) is 11.3 Å². The lowest BCUT2D eigenvalue weighted by Crippen LogP contribution is -2.65. The Bertz CT molecular complexity index is 1150. The molecule has 0 spiro atoms. The fourth-order valence-corrected chi connectivity index (χ4v) is 4.37. The molecule has 0 atom stereocenters. The Morgan fingerprint density at radius 2 is 2.22 bits per heavy atom. The third-order valence-corrected chi connectivity index (χ3v) is 6.24. The number of H-pyrrole nitrogens is 1. The predicted molar refractivity (Wildman–Crippen MR) is 97.3 cm³/mol. The van der Waals surface area contributed by atoms with Gasteiger partial charge in [0.1, 0.15) is 17.5 Å². The van der Waals surface area contributed by atoms with Crippen molar-refractivity contribution in [2.75, 3.05) is 25.9 Å². The van der Waals surface area contributed by atoms with Crippen molar-refractivity contribution in [2.24, 2.45) is 0 Å². The molecule has 1 aliphatic rings. The van der Waals surface area contributed by atoms with Gasteiger partial charge in [-0.1, -0.05) is 0 Å². The first-order valence-electron chi connectivity index (χ1n) is 8.10. The first-order chi connectivity index (χ1) is 12.9. The molecule has 0 bridgehead atoms. The lowest BCUT2D eigenvalue weighted by Gasteiger charge is -2.47. The van der Waals surface area contributed by atoms with Crippen molar-refractivity contribution in [3.63, 3.8) is 0 Å². The van der Waals surface area contributed by atoms with Crippen molar-refractivity contribution in [3.05, 3.63) is 24.8 Å². The number of nitrogens with zero attached hydrogens (tertiary/aromatic N) is 6. The van der Waals surface area contributed by atoms with Crippen LogP contribution >= 0.6 is 0 Å². The second-order valence-corrected chi connectivity index (χ2v) is 8.25. The van der Waals surface area contributed by atoms with E-state index in [1.54, 1.807) is 17.1 Å². The molecule has 4 heterocycles. The summed E-state index contributed by atoms with van der Waals surface area (Å²) < 4.78 is 29.1. The van der Waals surface area contributed by atoms with Crippen molar-refractivity contribution < 1.29 is 8.42 Å². The summed E-state index contributed by atoms with van der Waals surface area (Å²) in [5.41, 5.74) is 7.26. The van der Waals surface area contributed by atoms with Crippen molar-refractivity contribution in [1.29, 1.82) is 5.26 Å². The van der Waals surface area contributed by atoms with Gasteiger partial charge in [0.15, 0.2) is 5.82 Å². The topological polar surface area (TPSA) is 159 Å². The molecule has 0 unspecified atom stereocenters. The number of hydrogen-bond acceptors (Lipinski definition) is 7. The van der Waals surface area contributed by atoms with Crippen LogP contribution in [0.15, 0.2) is 24.8 Å². The molecule has 12 heteroatoms. The molecule has 140 valence electrons. The van der Waals surface area contributed by atoms with E-state index in [9.17, 15) is 13.7 Å². The Morgan fingerprint density at radius 3 is 2.93 bits per heavy atom. The van der Waals surface area contributed by atoms with Gasteiger partial charge in [-0.05, 0) is 6.07 Å². The predicted octanol–water partition coefficient (Wildman–Crippen LogP) is -0.208. The summed E-state index contributed by atoms with van der Waals surface area (Å²) >= 11 is 0. The summed E-state index contributed by atoms with van der Waals surface area (Å²) in [6, 6.07) is 3.96. The van der Waals surface area contributed by atoms with Gasteiger partial charge in [0, 0.05) is 37.9 Å². The second-order valence-electron chi connectivity index (χ2n) is 6.37. The zero-order chi connectivity index (χ0) is 19.2. The maximum atomic E-state index is 12.0. The first-order valence-corrected chi connectivity index (χ1v) is 9.54. The van der Waals surface area contributed by atoms with Crippen molar-refractivity contribution in [3.8, 4) is 17.3 Å². The number of anilines is 1. The Hall–Kier alpha value is -3.01. The van der Waals surface area contributed by atoms with Crippen LogP contribution in [0.3, 0.4) is 0 Å². The fourth-order valence-electron chi connectivity index (χ4n) is 3.29. The summed E-state index contributed by atoms with van der Waals surface area (Å²) in [4.78, 5) is 11.5. The molecule has 0 saturated carbocycles. The molecular formula is C15H17N9O2S. The van der Waals surface area contributed by atoms with E-state index in [1.165, 1.54) is 17.7 Å². The van der Waals surface area contributed by atoms with Crippen LogP contribution in [0.5, 0.6) is 0 Å². The number of aromatic amines is 1. The zero-order valence-electron chi connectivity index (χ0n) is 14.4. The molecule has 1 aliphatic heterocycles. The van der Waals surface area contributed by atoms with Gasteiger partial charge in [0.2, 0.25) is 0 Å². The fraction of sp³-hybridized carbons (Fsp3) is 0.333. The lowest BCUT2D eigenvalue weighted by atomic mass is 9.89. The lowest BCUT2D eigenvalue weighted by molar-refractivity contribution is 0.0711. The second kappa shape index (κ2) is 6.02. The Morgan fingerprint density at radius 1 is 1.44 bits per heavy atom. The number of nitriles is 1. The average Bonchev–Trinajstić information content (AvgIpc) is 3.24. The molecule has 1 fully saturated rings. The highest BCUT2D eigenvalue weighted by atomic mass is 32.2. The molecule has 27 heavy (non-hydrogen) atoms. The van der Waals surface area contributed by atoms with E-state index in [-0.39, 0.29) is 25.3 Å². The van der Waals surface area contributed by atoms with E-state index in [1.807, 2.05) is 6.07 Å². The number of rotatable bonds is 5. The Kier molecular flexibility index (Phi) is 3.88. The molecule has 11 nitrogen and oxygen atoms in total.